The van der Waals surface area contributed by atoms with E-state index in [0.717, 1.165) is 23.4 Å². The third-order valence-corrected chi connectivity index (χ3v) is 4.39. The summed E-state index contributed by atoms with van der Waals surface area (Å²) < 4.78 is 10.4. The first-order valence-corrected chi connectivity index (χ1v) is 9.50. The molecular formula is C22H26N4O3. The van der Waals surface area contributed by atoms with Gasteiger partial charge in [0, 0.05) is 31.5 Å². The fourth-order valence-corrected chi connectivity index (χ4v) is 2.85. The molecule has 0 spiro atoms. The maximum atomic E-state index is 12.1. The van der Waals surface area contributed by atoms with Crippen molar-refractivity contribution in [3.8, 4) is 17.1 Å². The van der Waals surface area contributed by atoms with Gasteiger partial charge < -0.3 is 19.5 Å². The first kappa shape index (κ1) is 20.5. The predicted octanol–water partition coefficient (Wildman–Crippen LogP) is 3.06. The SMILES string of the molecule is COc1ccc(-c2noc(CCC(=O)NCc3ccc(CN(C)C)cc3)n2)cc1. The van der Waals surface area contributed by atoms with Crippen LogP contribution in [0.5, 0.6) is 5.75 Å². The minimum Gasteiger partial charge on any atom is -0.497 e. The third-order valence-electron chi connectivity index (χ3n) is 4.39. The zero-order valence-corrected chi connectivity index (χ0v) is 17.0. The number of methoxy groups -OCH3 is 1. The molecule has 0 fully saturated rings. The monoisotopic (exact) mass is 394 g/mol. The summed E-state index contributed by atoms with van der Waals surface area (Å²) in [6.07, 6.45) is 0.694. The highest BCUT2D eigenvalue weighted by molar-refractivity contribution is 5.76. The van der Waals surface area contributed by atoms with E-state index < -0.39 is 0 Å². The molecule has 0 atom stereocenters. The first-order chi connectivity index (χ1) is 14.0. The number of nitrogens with one attached hydrogen (secondary N) is 1. The number of aryl methyl sites for hydroxylation is 1. The van der Waals surface area contributed by atoms with Crippen LogP contribution in [-0.2, 0) is 24.3 Å². The lowest BCUT2D eigenvalue weighted by Gasteiger charge is -2.10. The molecule has 3 aromatic rings. The molecular weight excluding hydrogens is 368 g/mol. The van der Waals surface area contributed by atoms with E-state index in [-0.39, 0.29) is 5.91 Å². The summed E-state index contributed by atoms with van der Waals surface area (Å²) in [5.74, 6) is 1.66. The summed E-state index contributed by atoms with van der Waals surface area (Å²) in [7, 11) is 5.70. The molecule has 1 heterocycles. The number of benzene rings is 2. The minimum absolute atomic E-state index is 0.0495. The van der Waals surface area contributed by atoms with Gasteiger partial charge in [-0.05, 0) is 49.5 Å². The van der Waals surface area contributed by atoms with Gasteiger partial charge in [0.1, 0.15) is 5.75 Å². The molecule has 0 saturated heterocycles. The van der Waals surface area contributed by atoms with Crippen LogP contribution in [0, 0.1) is 0 Å². The van der Waals surface area contributed by atoms with E-state index in [0.29, 0.717) is 31.1 Å². The second kappa shape index (κ2) is 9.84. The zero-order chi connectivity index (χ0) is 20.6. The number of aromatic nitrogens is 2. The van der Waals surface area contributed by atoms with E-state index in [1.807, 2.05) is 50.5 Å². The first-order valence-electron chi connectivity index (χ1n) is 9.50. The number of rotatable bonds is 9. The Balaban J connectivity index is 1.45. The number of carbonyl (C=O) groups is 1. The van der Waals surface area contributed by atoms with Crippen LogP contribution in [0.3, 0.4) is 0 Å². The van der Waals surface area contributed by atoms with Gasteiger partial charge in [-0.1, -0.05) is 29.4 Å². The van der Waals surface area contributed by atoms with E-state index in [1.165, 1.54) is 5.56 Å². The Hall–Kier alpha value is -3.19. The zero-order valence-electron chi connectivity index (χ0n) is 17.0. The molecule has 0 aliphatic carbocycles. The maximum Gasteiger partial charge on any atom is 0.227 e. The average Bonchev–Trinajstić information content (AvgIpc) is 3.20. The van der Waals surface area contributed by atoms with E-state index in [4.69, 9.17) is 9.26 Å². The second-order valence-electron chi connectivity index (χ2n) is 7.07. The molecule has 1 amide bonds. The van der Waals surface area contributed by atoms with Gasteiger partial charge in [-0.3, -0.25) is 4.79 Å². The quantitative estimate of drug-likeness (QED) is 0.601. The highest BCUT2D eigenvalue weighted by Gasteiger charge is 2.11. The number of hydrogen-bond donors (Lipinski definition) is 1. The van der Waals surface area contributed by atoms with Crippen LogP contribution in [-0.4, -0.2) is 42.2 Å². The summed E-state index contributed by atoms with van der Waals surface area (Å²) in [4.78, 5) is 18.6. The van der Waals surface area contributed by atoms with Gasteiger partial charge in [0.15, 0.2) is 0 Å². The van der Waals surface area contributed by atoms with Gasteiger partial charge in [0.25, 0.3) is 0 Å². The fourth-order valence-electron chi connectivity index (χ4n) is 2.85. The smallest absolute Gasteiger partial charge is 0.227 e. The summed E-state index contributed by atoms with van der Waals surface area (Å²) >= 11 is 0. The van der Waals surface area contributed by atoms with E-state index in [2.05, 4.69) is 32.5 Å². The Morgan fingerprint density at radius 2 is 1.76 bits per heavy atom. The fraction of sp³-hybridized carbons (Fsp3) is 0.318. The molecule has 1 aromatic heterocycles. The van der Waals surface area contributed by atoms with E-state index in [9.17, 15) is 4.79 Å². The van der Waals surface area contributed by atoms with Gasteiger partial charge >= 0.3 is 0 Å². The van der Waals surface area contributed by atoms with Gasteiger partial charge in [0.05, 0.1) is 7.11 Å². The molecule has 0 aliphatic heterocycles. The van der Waals surface area contributed by atoms with Crippen LogP contribution in [0.4, 0.5) is 0 Å². The Morgan fingerprint density at radius 1 is 1.07 bits per heavy atom. The van der Waals surface area contributed by atoms with Crippen LogP contribution < -0.4 is 10.1 Å². The number of carbonyl (C=O) groups excluding carboxylic acids is 1. The lowest BCUT2D eigenvalue weighted by molar-refractivity contribution is -0.121. The van der Waals surface area contributed by atoms with Gasteiger partial charge in [-0.2, -0.15) is 4.98 Å². The predicted molar refractivity (Wildman–Crippen MR) is 110 cm³/mol. The molecule has 0 radical (unpaired) electrons. The summed E-state index contributed by atoms with van der Waals surface area (Å²) in [6.45, 7) is 1.40. The van der Waals surface area contributed by atoms with Gasteiger partial charge in [-0.15, -0.1) is 0 Å². The van der Waals surface area contributed by atoms with E-state index >= 15 is 0 Å². The number of ether oxygens (including phenoxy) is 1. The molecule has 29 heavy (non-hydrogen) atoms. The summed E-state index contributed by atoms with van der Waals surface area (Å²) in [5, 5.41) is 6.91. The summed E-state index contributed by atoms with van der Waals surface area (Å²) in [5.41, 5.74) is 3.15. The highest BCUT2D eigenvalue weighted by Crippen LogP contribution is 2.20. The minimum atomic E-state index is -0.0495. The molecule has 7 heteroatoms. The number of nitrogens with zero attached hydrogens (tertiary/aromatic N) is 3. The molecule has 1 N–H and O–H groups in total. The number of hydrogen-bond acceptors (Lipinski definition) is 6. The molecule has 0 saturated carbocycles. The molecule has 2 aromatic carbocycles. The Bertz CT molecular complexity index is 918. The third kappa shape index (κ3) is 6.15. The van der Waals surface area contributed by atoms with Crippen molar-refractivity contribution in [2.75, 3.05) is 21.2 Å². The Morgan fingerprint density at radius 3 is 2.41 bits per heavy atom. The molecule has 7 nitrogen and oxygen atoms in total. The standard InChI is InChI=1S/C22H26N4O3/c1-26(2)15-17-6-4-16(5-7-17)14-23-20(27)12-13-21-24-22(25-29-21)18-8-10-19(28-3)11-9-18/h4-11H,12-15H2,1-3H3,(H,23,27). The van der Waals surface area contributed by atoms with Gasteiger partial charge in [0.2, 0.25) is 17.6 Å². The second-order valence-corrected chi connectivity index (χ2v) is 7.07. The number of amides is 1. The molecule has 0 bridgehead atoms. The van der Waals surface area contributed by atoms with Crippen molar-refractivity contribution < 1.29 is 14.1 Å². The largest absolute Gasteiger partial charge is 0.497 e. The van der Waals surface area contributed by atoms with E-state index in [1.54, 1.807) is 7.11 Å². The van der Waals surface area contributed by atoms with Crippen molar-refractivity contribution in [2.24, 2.45) is 0 Å². The van der Waals surface area contributed by atoms with Crippen molar-refractivity contribution in [3.05, 3.63) is 65.5 Å². The van der Waals surface area contributed by atoms with Crippen LogP contribution in [0.15, 0.2) is 53.1 Å². The molecule has 0 unspecified atom stereocenters. The van der Waals surface area contributed by atoms with Crippen molar-refractivity contribution in [2.45, 2.75) is 25.9 Å². The van der Waals surface area contributed by atoms with Crippen LogP contribution in [0.25, 0.3) is 11.4 Å². The highest BCUT2D eigenvalue weighted by atomic mass is 16.5. The lowest BCUT2D eigenvalue weighted by Crippen LogP contribution is -2.23. The Kier molecular flexibility index (Phi) is 6.97. The van der Waals surface area contributed by atoms with Crippen molar-refractivity contribution >= 4 is 5.91 Å². The van der Waals surface area contributed by atoms with Crippen LogP contribution >= 0.6 is 0 Å². The normalized spacial score (nSPS) is 10.9. The topological polar surface area (TPSA) is 80.5 Å². The average molecular weight is 394 g/mol. The van der Waals surface area contributed by atoms with Gasteiger partial charge in [-0.25, -0.2) is 0 Å². The lowest BCUT2D eigenvalue weighted by atomic mass is 10.1. The molecule has 152 valence electrons. The summed E-state index contributed by atoms with van der Waals surface area (Å²) in [6, 6.07) is 15.7. The Labute approximate surface area is 170 Å². The van der Waals surface area contributed by atoms with Crippen LogP contribution in [0.1, 0.15) is 23.4 Å². The van der Waals surface area contributed by atoms with Crippen LogP contribution in [0.2, 0.25) is 0 Å². The maximum absolute atomic E-state index is 12.1. The molecule has 0 aliphatic rings. The van der Waals surface area contributed by atoms with Crippen molar-refractivity contribution in [1.29, 1.82) is 0 Å². The molecule has 3 rings (SSSR count). The van der Waals surface area contributed by atoms with Crippen molar-refractivity contribution in [1.82, 2.24) is 20.4 Å². The van der Waals surface area contributed by atoms with Crippen molar-refractivity contribution in [3.63, 3.8) is 0 Å².